The Hall–Kier alpha value is -2.25. The van der Waals surface area contributed by atoms with Crippen LogP contribution in [-0.4, -0.2) is 23.9 Å². The van der Waals surface area contributed by atoms with Crippen LogP contribution in [0.4, 0.5) is 11.4 Å². The van der Waals surface area contributed by atoms with Gasteiger partial charge >= 0.3 is 0 Å². The zero-order valence-corrected chi connectivity index (χ0v) is 13.6. The first kappa shape index (κ1) is 15.6. The summed E-state index contributed by atoms with van der Waals surface area (Å²) in [5.41, 5.74) is 1.77. The number of hydrogen-bond acceptors (Lipinski definition) is 4. The van der Waals surface area contributed by atoms with Gasteiger partial charge in [0.25, 0.3) is 11.6 Å². The third-order valence-electron chi connectivity index (χ3n) is 4.26. The van der Waals surface area contributed by atoms with Crippen LogP contribution in [0.3, 0.4) is 0 Å². The summed E-state index contributed by atoms with van der Waals surface area (Å²) >= 11 is 1.78. The summed E-state index contributed by atoms with van der Waals surface area (Å²) in [7, 11) is 0. The Labute approximate surface area is 137 Å². The number of amides is 1. The number of non-ortho nitro benzene ring substituents is 1. The molecule has 6 nitrogen and oxygen atoms in total. The smallest absolute Gasteiger partial charge is 0.279 e. The Bertz CT molecular complexity index is 744. The van der Waals surface area contributed by atoms with Crippen molar-refractivity contribution in [3.63, 3.8) is 0 Å². The third kappa shape index (κ3) is 3.40. The first-order valence-electron chi connectivity index (χ1n) is 7.49. The number of fused-ring (bicyclic) bond motifs is 1. The summed E-state index contributed by atoms with van der Waals surface area (Å²) in [5.74, 6) is -0.119. The second kappa shape index (κ2) is 6.47. The summed E-state index contributed by atoms with van der Waals surface area (Å²) in [4.78, 5) is 25.2. The highest BCUT2D eigenvalue weighted by Crippen LogP contribution is 2.24. The lowest BCUT2D eigenvalue weighted by molar-refractivity contribution is -0.923. The van der Waals surface area contributed by atoms with Crippen LogP contribution < -0.4 is 10.2 Å². The lowest BCUT2D eigenvalue weighted by atomic mass is 10.0. The minimum atomic E-state index is -0.467. The van der Waals surface area contributed by atoms with Crippen molar-refractivity contribution in [2.45, 2.75) is 19.4 Å². The highest BCUT2D eigenvalue weighted by Gasteiger charge is 2.29. The molecule has 0 spiro atoms. The van der Waals surface area contributed by atoms with Gasteiger partial charge in [0.05, 0.1) is 11.5 Å². The lowest BCUT2D eigenvalue weighted by Crippen LogP contribution is -3.14. The van der Waals surface area contributed by atoms with E-state index in [1.165, 1.54) is 27.5 Å². The third-order valence-corrected chi connectivity index (χ3v) is 5.26. The number of nitrogens with one attached hydrogen (secondary N) is 2. The van der Waals surface area contributed by atoms with Gasteiger partial charge in [0, 0.05) is 34.7 Å². The number of rotatable bonds is 4. The fourth-order valence-corrected chi connectivity index (χ4v) is 3.98. The van der Waals surface area contributed by atoms with E-state index in [0.29, 0.717) is 18.3 Å². The largest absolute Gasteiger partial charge is 0.321 e. The topological polar surface area (TPSA) is 76.7 Å². The van der Waals surface area contributed by atoms with Crippen LogP contribution in [0.5, 0.6) is 0 Å². The molecule has 2 atom stereocenters. The maximum absolute atomic E-state index is 12.3. The van der Waals surface area contributed by atoms with Crippen LogP contribution in [0.15, 0.2) is 35.7 Å². The van der Waals surface area contributed by atoms with Gasteiger partial charge in [-0.25, -0.2) is 0 Å². The fourth-order valence-electron chi connectivity index (χ4n) is 3.00. The van der Waals surface area contributed by atoms with E-state index in [4.69, 9.17) is 0 Å². The van der Waals surface area contributed by atoms with E-state index in [9.17, 15) is 14.9 Å². The molecule has 23 heavy (non-hydrogen) atoms. The number of thiophene rings is 1. The van der Waals surface area contributed by atoms with Crippen molar-refractivity contribution < 1.29 is 14.6 Å². The summed E-state index contributed by atoms with van der Waals surface area (Å²) < 4.78 is 0. The standard InChI is InChI=1S/C16H17N3O3S/c1-11-14-6-8-23-15(14)5-7-18(11)10-16(20)17-12-3-2-4-13(9-12)19(21)22/h2-4,6,8-9,11H,5,7,10H2,1H3,(H,17,20)/p+1/t11-/m0/s1. The molecule has 1 aromatic carbocycles. The van der Waals surface area contributed by atoms with Crippen molar-refractivity contribution in [1.82, 2.24) is 0 Å². The molecule has 0 aliphatic carbocycles. The fraction of sp³-hybridized carbons (Fsp3) is 0.312. The highest BCUT2D eigenvalue weighted by atomic mass is 32.1. The van der Waals surface area contributed by atoms with Crippen LogP contribution in [0, 0.1) is 10.1 Å². The molecular weight excluding hydrogens is 314 g/mol. The van der Waals surface area contributed by atoms with Crippen molar-refractivity contribution in [2.75, 3.05) is 18.4 Å². The van der Waals surface area contributed by atoms with Gasteiger partial charge in [-0.1, -0.05) is 6.07 Å². The highest BCUT2D eigenvalue weighted by molar-refractivity contribution is 7.10. The van der Waals surface area contributed by atoms with Crippen molar-refractivity contribution in [1.29, 1.82) is 0 Å². The van der Waals surface area contributed by atoms with Gasteiger partial charge in [-0.05, 0) is 24.4 Å². The van der Waals surface area contributed by atoms with E-state index < -0.39 is 4.92 Å². The van der Waals surface area contributed by atoms with Gasteiger partial charge in [-0.2, -0.15) is 0 Å². The number of quaternary nitrogens is 1. The average molecular weight is 332 g/mol. The van der Waals surface area contributed by atoms with Gasteiger partial charge in [-0.3, -0.25) is 14.9 Å². The molecule has 2 N–H and O–H groups in total. The molecule has 2 aromatic rings. The van der Waals surface area contributed by atoms with Crippen molar-refractivity contribution in [2.24, 2.45) is 0 Å². The number of nitro groups is 1. The SMILES string of the molecule is C[C@H]1c2ccsc2CC[NH+]1CC(=O)Nc1cccc([N+](=O)[O-])c1. The molecule has 1 unspecified atom stereocenters. The van der Waals surface area contributed by atoms with E-state index in [2.05, 4.69) is 23.7 Å². The molecule has 0 saturated heterocycles. The Morgan fingerprint density at radius 1 is 1.48 bits per heavy atom. The molecule has 0 saturated carbocycles. The molecule has 1 aromatic heterocycles. The monoisotopic (exact) mass is 332 g/mol. The number of benzene rings is 1. The van der Waals surface area contributed by atoms with Crippen molar-refractivity contribution >= 4 is 28.6 Å². The molecule has 0 bridgehead atoms. The summed E-state index contributed by atoms with van der Waals surface area (Å²) in [6, 6.07) is 8.46. The van der Waals surface area contributed by atoms with Crippen LogP contribution in [-0.2, 0) is 11.2 Å². The first-order chi connectivity index (χ1) is 11.0. The van der Waals surface area contributed by atoms with Crippen LogP contribution >= 0.6 is 11.3 Å². The molecular formula is C16H18N3O3S+. The molecule has 1 aliphatic heterocycles. The summed E-state index contributed by atoms with van der Waals surface area (Å²) in [6.07, 6.45) is 0.997. The minimum Gasteiger partial charge on any atom is -0.321 e. The van der Waals surface area contributed by atoms with Gasteiger partial charge in [-0.15, -0.1) is 11.3 Å². The summed E-state index contributed by atoms with van der Waals surface area (Å²) in [6.45, 7) is 3.43. The number of carbonyl (C=O) groups excluding carboxylic acids is 1. The van der Waals surface area contributed by atoms with E-state index in [1.54, 1.807) is 23.5 Å². The van der Waals surface area contributed by atoms with Gasteiger partial charge in [0.2, 0.25) is 0 Å². The molecule has 3 rings (SSSR count). The average Bonchev–Trinajstić information content (AvgIpc) is 2.99. The van der Waals surface area contributed by atoms with Crippen molar-refractivity contribution in [3.8, 4) is 0 Å². The van der Waals surface area contributed by atoms with Crippen LogP contribution in [0.2, 0.25) is 0 Å². The Morgan fingerprint density at radius 2 is 2.30 bits per heavy atom. The number of nitrogens with zero attached hydrogens (tertiary/aromatic N) is 1. The van der Waals surface area contributed by atoms with Crippen LogP contribution in [0.1, 0.15) is 23.4 Å². The second-order valence-electron chi connectivity index (χ2n) is 5.71. The van der Waals surface area contributed by atoms with E-state index in [0.717, 1.165) is 13.0 Å². The normalized spacial score (nSPS) is 19.9. The summed E-state index contributed by atoms with van der Waals surface area (Å²) in [5, 5.41) is 15.6. The number of hydrogen-bond donors (Lipinski definition) is 2. The molecule has 2 heterocycles. The van der Waals surface area contributed by atoms with E-state index in [1.807, 2.05) is 0 Å². The lowest BCUT2D eigenvalue weighted by Gasteiger charge is -2.29. The maximum Gasteiger partial charge on any atom is 0.279 e. The van der Waals surface area contributed by atoms with Crippen molar-refractivity contribution in [3.05, 3.63) is 56.3 Å². The molecule has 0 fully saturated rings. The molecule has 120 valence electrons. The molecule has 7 heteroatoms. The zero-order chi connectivity index (χ0) is 16.4. The molecule has 1 amide bonds. The Kier molecular flexibility index (Phi) is 4.40. The second-order valence-corrected chi connectivity index (χ2v) is 6.71. The first-order valence-corrected chi connectivity index (χ1v) is 8.37. The quantitative estimate of drug-likeness (QED) is 0.662. The van der Waals surface area contributed by atoms with E-state index >= 15 is 0 Å². The number of anilines is 1. The van der Waals surface area contributed by atoms with Gasteiger partial charge < -0.3 is 10.2 Å². The van der Waals surface area contributed by atoms with E-state index in [-0.39, 0.29) is 11.6 Å². The number of nitro benzene ring substituents is 1. The van der Waals surface area contributed by atoms with Gasteiger partial charge in [0.1, 0.15) is 6.04 Å². The minimum absolute atomic E-state index is 0.0237. The predicted molar refractivity (Wildman–Crippen MR) is 88.9 cm³/mol. The predicted octanol–water partition coefficient (Wildman–Crippen LogP) is 1.80. The molecule has 0 radical (unpaired) electrons. The Morgan fingerprint density at radius 3 is 3.09 bits per heavy atom. The Balaban J connectivity index is 1.64. The zero-order valence-electron chi connectivity index (χ0n) is 12.7. The maximum atomic E-state index is 12.3. The van der Waals surface area contributed by atoms with Gasteiger partial charge in [0.15, 0.2) is 6.54 Å². The van der Waals surface area contributed by atoms with Crippen LogP contribution in [0.25, 0.3) is 0 Å². The number of carbonyl (C=O) groups is 1. The molecule has 1 aliphatic rings.